The first-order chi connectivity index (χ1) is 20.4. The summed E-state index contributed by atoms with van der Waals surface area (Å²) in [7, 11) is 3.82. The second kappa shape index (κ2) is 11.8. The summed E-state index contributed by atoms with van der Waals surface area (Å²) in [5.74, 6) is -1.41. The number of hydrogen-bond donors (Lipinski definition) is 1. The number of aromatic nitrogens is 2. The average Bonchev–Trinajstić information content (AvgIpc) is 2.95. The standard InChI is InChI=1S/C31H33F4N5O3/c1-18-16-40(19(2)15-39(18)17-41)29-24-14-25(31(33,34)35)26(23-13-21(42)12-20-8-5-6-9-22(20)23)27(32)28(24)36-30(37-29)43-11-7-10-38(3)4/h5-6,8-9,12-14,17-19,42H,7,10-11,15-16H2,1-4H3/t18-,19+/m1/s1. The largest absolute Gasteiger partial charge is 0.508 e. The summed E-state index contributed by atoms with van der Waals surface area (Å²) >= 11 is 0. The van der Waals surface area contributed by atoms with Crippen molar-refractivity contribution in [1.29, 1.82) is 0 Å². The van der Waals surface area contributed by atoms with Crippen molar-refractivity contribution in [3.63, 3.8) is 0 Å². The van der Waals surface area contributed by atoms with Crippen molar-refractivity contribution in [2.45, 2.75) is 38.5 Å². The Bertz CT molecular complexity index is 1660. The molecule has 0 aliphatic carbocycles. The van der Waals surface area contributed by atoms with Crippen LogP contribution < -0.4 is 9.64 Å². The molecule has 1 aromatic heterocycles. The topological polar surface area (TPSA) is 82.0 Å². The van der Waals surface area contributed by atoms with Crippen LogP contribution in [0.2, 0.25) is 0 Å². The Hall–Kier alpha value is -4.19. The smallest absolute Gasteiger partial charge is 0.417 e. The second-order valence-corrected chi connectivity index (χ2v) is 11.2. The normalized spacial score (nSPS) is 17.7. The van der Waals surface area contributed by atoms with E-state index in [9.17, 15) is 23.1 Å². The van der Waals surface area contributed by atoms with Gasteiger partial charge in [0.25, 0.3) is 0 Å². The highest BCUT2D eigenvalue weighted by Gasteiger charge is 2.39. The lowest BCUT2D eigenvalue weighted by atomic mass is 9.92. The monoisotopic (exact) mass is 599 g/mol. The molecule has 1 amide bonds. The number of phenols is 1. The van der Waals surface area contributed by atoms with Gasteiger partial charge in [0.1, 0.15) is 17.1 Å². The molecule has 0 spiro atoms. The number of halogens is 4. The number of ether oxygens (including phenoxy) is 1. The van der Waals surface area contributed by atoms with Gasteiger partial charge in [0.2, 0.25) is 6.41 Å². The predicted octanol–water partition coefficient (Wildman–Crippen LogP) is 5.70. The van der Waals surface area contributed by atoms with Crippen molar-refractivity contribution in [1.82, 2.24) is 19.8 Å². The van der Waals surface area contributed by atoms with E-state index in [1.54, 1.807) is 34.1 Å². The summed E-state index contributed by atoms with van der Waals surface area (Å²) < 4.78 is 66.8. The number of rotatable bonds is 8. The first-order valence-electron chi connectivity index (χ1n) is 14.0. The van der Waals surface area contributed by atoms with Gasteiger partial charge < -0.3 is 24.5 Å². The Morgan fingerprint density at radius 2 is 1.81 bits per heavy atom. The van der Waals surface area contributed by atoms with Crippen LogP contribution >= 0.6 is 0 Å². The molecule has 1 aliphatic heterocycles. The SMILES string of the molecule is C[C@@H]1CN(c2nc(OCCCN(C)C)nc3c(F)c(-c4cc(O)cc5ccccc45)c(C(F)(F)F)cc23)[C@@H](C)CN1C=O. The van der Waals surface area contributed by atoms with Gasteiger partial charge in [-0.05, 0) is 68.9 Å². The molecule has 8 nitrogen and oxygen atoms in total. The Labute approximate surface area is 246 Å². The highest BCUT2D eigenvalue weighted by molar-refractivity contribution is 6.02. The number of nitrogens with zero attached hydrogens (tertiary/aromatic N) is 5. The highest BCUT2D eigenvalue weighted by Crippen LogP contribution is 2.46. The van der Waals surface area contributed by atoms with Gasteiger partial charge in [-0.3, -0.25) is 4.79 Å². The molecule has 1 saturated heterocycles. The molecule has 43 heavy (non-hydrogen) atoms. The average molecular weight is 600 g/mol. The maximum Gasteiger partial charge on any atom is 0.417 e. The van der Waals surface area contributed by atoms with Crippen LogP contribution in [-0.2, 0) is 11.0 Å². The van der Waals surface area contributed by atoms with Gasteiger partial charge in [-0.15, -0.1) is 0 Å². The minimum absolute atomic E-state index is 0.0919. The van der Waals surface area contributed by atoms with Crippen LogP contribution in [0.4, 0.5) is 23.4 Å². The molecular formula is C31H33F4N5O3. The number of piperazine rings is 1. The quantitative estimate of drug-likeness (QED) is 0.158. The first kappa shape index (κ1) is 30.3. The summed E-state index contributed by atoms with van der Waals surface area (Å²) in [6, 6.07) is 9.17. The van der Waals surface area contributed by atoms with E-state index < -0.39 is 23.1 Å². The molecule has 1 N–H and O–H groups in total. The van der Waals surface area contributed by atoms with Crippen LogP contribution in [0.15, 0.2) is 42.5 Å². The molecule has 1 aliphatic rings. The summed E-state index contributed by atoms with van der Waals surface area (Å²) in [6.45, 7) is 5.12. The number of anilines is 1. The third kappa shape index (κ3) is 6.01. The number of amides is 1. The lowest BCUT2D eigenvalue weighted by Gasteiger charge is -2.43. The molecule has 0 saturated carbocycles. The maximum absolute atomic E-state index is 16.7. The predicted molar refractivity (Wildman–Crippen MR) is 157 cm³/mol. The number of aromatic hydroxyl groups is 1. The minimum Gasteiger partial charge on any atom is -0.508 e. The number of benzene rings is 3. The van der Waals surface area contributed by atoms with Crippen molar-refractivity contribution in [3.05, 3.63) is 53.8 Å². The molecule has 3 aromatic carbocycles. The maximum atomic E-state index is 16.7. The molecule has 5 rings (SSSR count). The van der Waals surface area contributed by atoms with Gasteiger partial charge in [-0.2, -0.15) is 23.1 Å². The van der Waals surface area contributed by atoms with Crippen molar-refractivity contribution < 1.29 is 32.2 Å². The van der Waals surface area contributed by atoms with E-state index in [2.05, 4.69) is 9.97 Å². The fourth-order valence-electron chi connectivity index (χ4n) is 5.60. The fraction of sp³-hybridized carbons (Fsp3) is 0.387. The summed E-state index contributed by atoms with van der Waals surface area (Å²) in [5.41, 5.74) is -2.38. The molecule has 0 unspecified atom stereocenters. The summed E-state index contributed by atoms with van der Waals surface area (Å²) in [5, 5.41) is 11.1. The van der Waals surface area contributed by atoms with Crippen LogP contribution in [0.3, 0.4) is 0 Å². The van der Waals surface area contributed by atoms with Gasteiger partial charge in [-0.1, -0.05) is 24.3 Å². The number of phenolic OH excluding ortho intramolecular Hbond substituents is 1. The number of alkyl halides is 3. The zero-order chi connectivity index (χ0) is 31.1. The Kier molecular flexibility index (Phi) is 8.33. The van der Waals surface area contributed by atoms with E-state index in [0.29, 0.717) is 30.3 Å². The van der Waals surface area contributed by atoms with E-state index in [-0.39, 0.29) is 59.3 Å². The Balaban J connectivity index is 1.78. The molecule has 2 atom stereocenters. The second-order valence-electron chi connectivity index (χ2n) is 11.2. The summed E-state index contributed by atoms with van der Waals surface area (Å²) in [6.07, 6.45) is -3.60. The molecule has 2 heterocycles. The van der Waals surface area contributed by atoms with Crippen LogP contribution in [0.1, 0.15) is 25.8 Å². The lowest BCUT2D eigenvalue weighted by molar-refractivity contribution is -0.137. The molecule has 0 radical (unpaired) electrons. The summed E-state index contributed by atoms with van der Waals surface area (Å²) in [4.78, 5) is 25.7. The van der Waals surface area contributed by atoms with E-state index in [4.69, 9.17) is 4.74 Å². The van der Waals surface area contributed by atoms with Crippen LogP contribution in [0, 0.1) is 5.82 Å². The van der Waals surface area contributed by atoms with Gasteiger partial charge in [0.05, 0.1) is 12.2 Å². The third-order valence-corrected chi connectivity index (χ3v) is 7.73. The van der Waals surface area contributed by atoms with Gasteiger partial charge >= 0.3 is 12.2 Å². The number of carbonyl (C=O) groups is 1. The van der Waals surface area contributed by atoms with E-state index in [1.165, 1.54) is 6.07 Å². The zero-order valence-corrected chi connectivity index (χ0v) is 24.3. The molecule has 1 fully saturated rings. The van der Waals surface area contributed by atoms with Crippen LogP contribution in [-0.4, -0.2) is 83.7 Å². The Morgan fingerprint density at radius 1 is 1.07 bits per heavy atom. The first-order valence-corrected chi connectivity index (χ1v) is 14.0. The highest BCUT2D eigenvalue weighted by atomic mass is 19.4. The molecule has 4 aromatic rings. The minimum atomic E-state index is -4.95. The number of hydrogen-bond acceptors (Lipinski definition) is 7. The van der Waals surface area contributed by atoms with Crippen LogP contribution in [0.25, 0.3) is 32.8 Å². The molecular weight excluding hydrogens is 566 g/mol. The number of fused-ring (bicyclic) bond motifs is 2. The zero-order valence-electron chi connectivity index (χ0n) is 24.3. The van der Waals surface area contributed by atoms with Crippen molar-refractivity contribution in [2.24, 2.45) is 0 Å². The Morgan fingerprint density at radius 3 is 2.51 bits per heavy atom. The van der Waals surface area contributed by atoms with Crippen molar-refractivity contribution in [3.8, 4) is 22.9 Å². The van der Waals surface area contributed by atoms with Crippen molar-refractivity contribution in [2.75, 3.05) is 45.2 Å². The fourth-order valence-corrected chi connectivity index (χ4v) is 5.60. The van der Waals surface area contributed by atoms with Gasteiger partial charge in [0.15, 0.2) is 5.82 Å². The molecule has 12 heteroatoms. The van der Waals surface area contributed by atoms with Gasteiger partial charge in [-0.25, -0.2) is 4.39 Å². The van der Waals surface area contributed by atoms with Gasteiger partial charge in [0, 0.05) is 42.7 Å². The third-order valence-electron chi connectivity index (χ3n) is 7.73. The van der Waals surface area contributed by atoms with E-state index in [0.717, 1.165) is 18.5 Å². The van der Waals surface area contributed by atoms with E-state index >= 15 is 4.39 Å². The van der Waals surface area contributed by atoms with E-state index in [1.807, 2.05) is 32.8 Å². The molecule has 228 valence electrons. The molecule has 0 bridgehead atoms. The lowest BCUT2D eigenvalue weighted by Crippen LogP contribution is -2.56. The van der Waals surface area contributed by atoms with Crippen LogP contribution in [0.5, 0.6) is 11.8 Å². The van der Waals surface area contributed by atoms with Crippen molar-refractivity contribution >= 4 is 33.9 Å². The number of carbonyl (C=O) groups excluding carboxylic acids is 1.